The number of rotatable bonds is 8. The van der Waals surface area contributed by atoms with Crippen LogP contribution in [0, 0.1) is 0 Å². The van der Waals surface area contributed by atoms with Crippen molar-refractivity contribution in [3.8, 4) is 0 Å². The fourth-order valence-electron chi connectivity index (χ4n) is 3.50. The molecule has 0 radical (unpaired) electrons. The number of hydrogen-bond acceptors (Lipinski definition) is 2. The minimum absolute atomic E-state index is 1.04. The summed E-state index contributed by atoms with van der Waals surface area (Å²) in [7, 11) is 0. The molecule has 0 bridgehead atoms. The minimum Gasteiger partial charge on any atom is -0.303 e. The molecule has 0 N–H and O–H groups in total. The molecule has 0 aromatic rings. The summed E-state index contributed by atoms with van der Waals surface area (Å²) in [5.41, 5.74) is 3.48. The second kappa shape index (κ2) is 9.32. The van der Waals surface area contributed by atoms with Gasteiger partial charge in [0.25, 0.3) is 0 Å². The molecule has 0 unspecified atom stereocenters. The van der Waals surface area contributed by atoms with E-state index in [1.165, 1.54) is 75.9 Å². The molecule has 2 nitrogen and oxygen atoms in total. The van der Waals surface area contributed by atoms with E-state index < -0.39 is 0 Å². The highest BCUT2D eigenvalue weighted by Crippen LogP contribution is 2.22. The summed E-state index contributed by atoms with van der Waals surface area (Å²) in [6.45, 7) is 20.1. The Bertz CT molecular complexity index is 349. The van der Waals surface area contributed by atoms with Crippen LogP contribution in [0.5, 0.6) is 0 Å². The zero-order chi connectivity index (χ0) is 15.8. The quantitative estimate of drug-likeness (QED) is 0.613. The van der Waals surface area contributed by atoms with Crippen molar-refractivity contribution in [3.63, 3.8) is 0 Å². The van der Waals surface area contributed by atoms with E-state index in [-0.39, 0.29) is 0 Å². The molecule has 2 heteroatoms. The Morgan fingerprint density at radius 3 is 1.32 bits per heavy atom. The summed E-state index contributed by atoms with van der Waals surface area (Å²) in [6.07, 6.45) is 10.3. The molecular weight excluding hydrogens is 268 g/mol. The van der Waals surface area contributed by atoms with Gasteiger partial charge in [-0.15, -0.1) is 0 Å². The molecule has 0 aromatic heterocycles. The lowest BCUT2D eigenvalue weighted by Crippen LogP contribution is -2.31. The first-order valence-corrected chi connectivity index (χ1v) is 9.17. The van der Waals surface area contributed by atoms with Gasteiger partial charge in [0.1, 0.15) is 0 Å². The van der Waals surface area contributed by atoms with Gasteiger partial charge in [-0.25, -0.2) is 0 Å². The van der Waals surface area contributed by atoms with Gasteiger partial charge < -0.3 is 9.80 Å². The van der Waals surface area contributed by atoms with Crippen molar-refractivity contribution in [1.82, 2.24) is 9.80 Å². The molecule has 2 heterocycles. The summed E-state index contributed by atoms with van der Waals surface area (Å²) in [4.78, 5) is 5.14. The minimum atomic E-state index is 1.04. The zero-order valence-corrected chi connectivity index (χ0v) is 14.4. The first-order chi connectivity index (χ1) is 10.7. The smallest absolute Gasteiger partial charge is 0.00218 e. The van der Waals surface area contributed by atoms with E-state index in [2.05, 4.69) is 29.5 Å². The van der Waals surface area contributed by atoms with Crippen molar-refractivity contribution < 1.29 is 0 Å². The molecule has 0 amide bonds. The van der Waals surface area contributed by atoms with E-state index >= 15 is 0 Å². The van der Waals surface area contributed by atoms with E-state index in [0.717, 1.165) is 31.5 Å². The second-order valence-electron chi connectivity index (χ2n) is 6.99. The Morgan fingerprint density at radius 2 is 0.955 bits per heavy atom. The van der Waals surface area contributed by atoms with Crippen LogP contribution in [0.3, 0.4) is 0 Å². The SMILES string of the molecule is C=C(CCN1CCCCC1)C(=C)C(=C)CCN1CCCCC1. The largest absolute Gasteiger partial charge is 0.303 e. The van der Waals surface area contributed by atoms with Crippen LogP contribution in [-0.2, 0) is 0 Å². The van der Waals surface area contributed by atoms with Crippen LogP contribution in [0.15, 0.2) is 36.5 Å². The van der Waals surface area contributed by atoms with Gasteiger partial charge in [-0.2, -0.15) is 0 Å². The topological polar surface area (TPSA) is 6.48 Å². The molecule has 2 rings (SSSR count). The third-order valence-corrected chi connectivity index (χ3v) is 5.21. The Labute approximate surface area is 137 Å². The van der Waals surface area contributed by atoms with Crippen LogP contribution in [0.2, 0.25) is 0 Å². The Morgan fingerprint density at radius 1 is 0.591 bits per heavy atom. The van der Waals surface area contributed by atoms with Gasteiger partial charge in [-0.1, -0.05) is 32.6 Å². The zero-order valence-electron chi connectivity index (χ0n) is 14.4. The number of likely N-dealkylation sites (tertiary alicyclic amines) is 2. The Balaban J connectivity index is 1.65. The summed E-state index contributed by atoms with van der Waals surface area (Å²) < 4.78 is 0. The van der Waals surface area contributed by atoms with Crippen LogP contribution in [-0.4, -0.2) is 49.1 Å². The van der Waals surface area contributed by atoms with E-state index in [1.807, 2.05) is 0 Å². The van der Waals surface area contributed by atoms with Crippen molar-refractivity contribution in [3.05, 3.63) is 36.5 Å². The normalized spacial score (nSPS) is 20.7. The summed E-state index contributed by atoms with van der Waals surface area (Å²) in [6, 6.07) is 0. The molecular formula is C20H34N2. The summed E-state index contributed by atoms with van der Waals surface area (Å²) >= 11 is 0. The van der Waals surface area contributed by atoms with Gasteiger partial charge in [0.2, 0.25) is 0 Å². The maximum atomic E-state index is 4.25. The molecule has 0 aliphatic carbocycles. The number of piperidine rings is 2. The average molecular weight is 303 g/mol. The van der Waals surface area contributed by atoms with Gasteiger partial charge in [-0.05, 0) is 81.4 Å². The highest BCUT2D eigenvalue weighted by molar-refractivity contribution is 5.41. The standard InChI is InChI=1S/C20H34N2/c1-18(10-16-21-12-6-4-7-13-21)20(3)19(2)11-17-22-14-8-5-9-15-22/h1-17H2. The van der Waals surface area contributed by atoms with Crippen LogP contribution in [0.1, 0.15) is 51.4 Å². The van der Waals surface area contributed by atoms with Crippen LogP contribution >= 0.6 is 0 Å². The van der Waals surface area contributed by atoms with Crippen LogP contribution < -0.4 is 0 Å². The van der Waals surface area contributed by atoms with Crippen LogP contribution in [0.4, 0.5) is 0 Å². The van der Waals surface area contributed by atoms with Crippen molar-refractivity contribution in [1.29, 1.82) is 0 Å². The molecule has 2 fully saturated rings. The molecule has 124 valence electrons. The number of hydrogen-bond donors (Lipinski definition) is 0. The summed E-state index contributed by atoms with van der Waals surface area (Å²) in [5, 5.41) is 0. The molecule has 0 aromatic carbocycles. The highest BCUT2D eigenvalue weighted by atomic mass is 15.1. The van der Waals surface area contributed by atoms with Crippen molar-refractivity contribution in [2.75, 3.05) is 39.3 Å². The van der Waals surface area contributed by atoms with Crippen molar-refractivity contribution >= 4 is 0 Å². The average Bonchev–Trinajstić information content (AvgIpc) is 2.58. The molecule has 2 aliphatic rings. The van der Waals surface area contributed by atoms with E-state index in [4.69, 9.17) is 0 Å². The lowest BCUT2D eigenvalue weighted by atomic mass is 9.96. The molecule has 2 aliphatic heterocycles. The van der Waals surface area contributed by atoms with E-state index in [0.29, 0.717) is 0 Å². The highest BCUT2D eigenvalue weighted by Gasteiger charge is 2.13. The lowest BCUT2D eigenvalue weighted by molar-refractivity contribution is 0.230. The van der Waals surface area contributed by atoms with Gasteiger partial charge in [-0.3, -0.25) is 0 Å². The lowest BCUT2D eigenvalue weighted by Gasteiger charge is -2.28. The third-order valence-electron chi connectivity index (χ3n) is 5.21. The van der Waals surface area contributed by atoms with Gasteiger partial charge in [0.15, 0.2) is 0 Å². The molecule has 0 spiro atoms. The second-order valence-corrected chi connectivity index (χ2v) is 6.99. The predicted molar refractivity (Wildman–Crippen MR) is 97.2 cm³/mol. The molecule has 2 saturated heterocycles. The molecule has 22 heavy (non-hydrogen) atoms. The Kier molecular flexibility index (Phi) is 7.41. The van der Waals surface area contributed by atoms with E-state index in [1.54, 1.807) is 0 Å². The van der Waals surface area contributed by atoms with Crippen molar-refractivity contribution in [2.45, 2.75) is 51.4 Å². The van der Waals surface area contributed by atoms with Gasteiger partial charge in [0.05, 0.1) is 0 Å². The molecule has 0 atom stereocenters. The third kappa shape index (κ3) is 5.73. The monoisotopic (exact) mass is 302 g/mol. The number of allylic oxidation sites excluding steroid dienone is 1. The molecule has 0 saturated carbocycles. The number of nitrogens with zero attached hydrogens (tertiary/aromatic N) is 2. The first kappa shape index (κ1) is 17.5. The first-order valence-electron chi connectivity index (χ1n) is 9.17. The predicted octanol–water partition coefficient (Wildman–Crippen LogP) is 4.41. The Hall–Kier alpha value is -0.860. The van der Waals surface area contributed by atoms with E-state index in [9.17, 15) is 0 Å². The maximum Gasteiger partial charge on any atom is 0.00218 e. The van der Waals surface area contributed by atoms with Gasteiger partial charge >= 0.3 is 0 Å². The fraction of sp³-hybridized carbons (Fsp3) is 0.700. The van der Waals surface area contributed by atoms with Gasteiger partial charge in [0, 0.05) is 13.1 Å². The van der Waals surface area contributed by atoms with Crippen LogP contribution in [0.25, 0.3) is 0 Å². The summed E-state index contributed by atoms with van der Waals surface area (Å²) in [5.74, 6) is 0. The van der Waals surface area contributed by atoms with Crippen molar-refractivity contribution in [2.24, 2.45) is 0 Å². The fourth-order valence-corrected chi connectivity index (χ4v) is 3.50. The maximum absolute atomic E-state index is 4.25.